The molecule has 0 spiro atoms. The molecule has 3 N–H and O–H groups in total. The van der Waals surface area contributed by atoms with Crippen molar-refractivity contribution in [1.82, 2.24) is 5.32 Å². The Bertz CT molecular complexity index is 390. The number of nitrogens with two attached hydrogens (primary N) is 1. The van der Waals surface area contributed by atoms with E-state index in [0.29, 0.717) is 11.8 Å². The molecule has 0 radical (unpaired) electrons. The highest BCUT2D eigenvalue weighted by molar-refractivity contribution is 5.78. The third-order valence-corrected chi connectivity index (χ3v) is 3.02. The van der Waals surface area contributed by atoms with Gasteiger partial charge in [-0.3, -0.25) is 4.79 Å². The summed E-state index contributed by atoms with van der Waals surface area (Å²) in [6, 6.07) is 7.45. The highest BCUT2D eigenvalue weighted by Crippen LogP contribution is 2.21. The molecule has 3 heteroatoms. The van der Waals surface area contributed by atoms with E-state index in [1.165, 1.54) is 6.42 Å². The zero-order valence-electron chi connectivity index (χ0n) is 12.3. The van der Waals surface area contributed by atoms with Crippen LogP contribution in [-0.4, -0.2) is 12.5 Å². The molecule has 0 fully saturated rings. The molecule has 0 bridgehead atoms. The first-order valence-corrected chi connectivity index (χ1v) is 6.98. The first-order valence-electron chi connectivity index (χ1n) is 6.98. The maximum absolute atomic E-state index is 11.7. The number of hydrogen-bond donors (Lipinski definition) is 2. The number of nitrogen functional groups attached to an aromatic ring is 1. The Morgan fingerprint density at radius 2 is 1.79 bits per heavy atom. The minimum atomic E-state index is 0.0838. The van der Waals surface area contributed by atoms with E-state index < -0.39 is 0 Å². The largest absolute Gasteiger partial charge is 0.399 e. The molecule has 1 rings (SSSR count). The van der Waals surface area contributed by atoms with Crippen LogP contribution in [0.1, 0.15) is 45.6 Å². The van der Waals surface area contributed by atoms with Crippen molar-refractivity contribution in [2.24, 2.45) is 5.41 Å². The normalized spacial score (nSPS) is 11.3. The number of nitrogens with one attached hydrogen (secondary N) is 1. The number of hydrogen-bond acceptors (Lipinski definition) is 2. The number of benzene rings is 1. The maximum Gasteiger partial charge on any atom is 0.224 e. The third kappa shape index (κ3) is 7.50. The maximum atomic E-state index is 11.7. The van der Waals surface area contributed by atoms with Gasteiger partial charge in [0.25, 0.3) is 0 Å². The fourth-order valence-corrected chi connectivity index (χ4v) is 1.89. The Hall–Kier alpha value is -1.51. The Balaban J connectivity index is 2.16. The Kier molecular flexibility index (Phi) is 5.87. The Morgan fingerprint density at radius 3 is 2.37 bits per heavy atom. The van der Waals surface area contributed by atoms with Crippen LogP contribution in [0.25, 0.3) is 0 Å². The van der Waals surface area contributed by atoms with Crippen LogP contribution in [0.3, 0.4) is 0 Å². The van der Waals surface area contributed by atoms with E-state index in [1.807, 2.05) is 24.3 Å². The minimum Gasteiger partial charge on any atom is -0.399 e. The molecular weight excluding hydrogens is 236 g/mol. The van der Waals surface area contributed by atoms with E-state index in [0.717, 1.165) is 30.6 Å². The molecule has 0 heterocycles. The zero-order valence-corrected chi connectivity index (χ0v) is 12.3. The van der Waals surface area contributed by atoms with Gasteiger partial charge in [-0.25, -0.2) is 0 Å². The molecular formula is C16H26N2O. The van der Waals surface area contributed by atoms with Gasteiger partial charge in [0.05, 0.1) is 6.42 Å². The predicted octanol–water partition coefficient (Wildman–Crippen LogP) is 3.14. The summed E-state index contributed by atoms with van der Waals surface area (Å²) in [4.78, 5) is 11.7. The quantitative estimate of drug-likeness (QED) is 0.611. The van der Waals surface area contributed by atoms with Crippen molar-refractivity contribution in [3.63, 3.8) is 0 Å². The van der Waals surface area contributed by atoms with E-state index in [2.05, 4.69) is 26.1 Å². The first kappa shape index (κ1) is 15.5. The molecule has 3 nitrogen and oxygen atoms in total. The van der Waals surface area contributed by atoms with Crippen molar-refractivity contribution in [2.45, 2.75) is 46.5 Å². The molecule has 1 amide bonds. The van der Waals surface area contributed by atoms with Gasteiger partial charge >= 0.3 is 0 Å². The number of anilines is 1. The van der Waals surface area contributed by atoms with Crippen molar-refractivity contribution in [2.75, 3.05) is 12.3 Å². The second kappa shape index (κ2) is 7.17. The first-order chi connectivity index (χ1) is 8.87. The summed E-state index contributed by atoms with van der Waals surface area (Å²) in [6.45, 7) is 7.50. The van der Waals surface area contributed by atoms with Crippen LogP contribution in [0.15, 0.2) is 24.3 Å². The van der Waals surface area contributed by atoms with E-state index in [1.54, 1.807) is 0 Å². The summed E-state index contributed by atoms with van der Waals surface area (Å²) in [5.74, 6) is 0.0838. The molecule has 0 unspecified atom stereocenters. The van der Waals surface area contributed by atoms with Gasteiger partial charge in [0, 0.05) is 12.2 Å². The van der Waals surface area contributed by atoms with Crippen molar-refractivity contribution < 1.29 is 4.79 Å². The van der Waals surface area contributed by atoms with Gasteiger partial charge in [0.2, 0.25) is 5.91 Å². The van der Waals surface area contributed by atoms with E-state index in [9.17, 15) is 4.79 Å². The zero-order chi connectivity index (χ0) is 14.3. The average molecular weight is 262 g/mol. The van der Waals surface area contributed by atoms with Crippen molar-refractivity contribution in [3.05, 3.63) is 29.8 Å². The van der Waals surface area contributed by atoms with Crippen molar-refractivity contribution >= 4 is 11.6 Å². The monoisotopic (exact) mass is 262 g/mol. The van der Waals surface area contributed by atoms with E-state index in [4.69, 9.17) is 5.73 Å². The van der Waals surface area contributed by atoms with Crippen LogP contribution in [0.4, 0.5) is 5.69 Å². The second-order valence-corrected chi connectivity index (χ2v) is 6.29. The third-order valence-electron chi connectivity index (χ3n) is 3.02. The average Bonchev–Trinajstić information content (AvgIpc) is 2.30. The number of carbonyl (C=O) groups is 1. The van der Waals surface area contributed by atoms with E-state index >= 15 is 0 Å². The van der Waals surface area contributed by atoms with Crippen LogP contribution in [0.5, 0.6) is 0 Å². The van der Waals surface area contributed by atoms with Gasteiger partial charge in [0.1, 0.15) is 0 Å². The molecule has 106 valence electrons. The molecule has 19 heavy (non-hydrogen) atoms. The lowest BCUT2D eigenvalue weighted by atomic mass is 9.90. The standard InChI is InChI=1S/C16H26N2O/c1-16(2,3)10-4-5-11-18-15(19)12-13-6-8-14(17)9-7-13/h6-9H,4-5,10-12,17H2,1-3H3,(H,18,19). The summed E-state index contributed by atoms with van der Waals surface area (Å²) in [5.41, 5.74) is 7.72. The summed E-state index contributed by atoms with van der Waals surface area (Å²) in [7, 11) is 0. The highest BCUT2D eigenvalue weighted by atomic mass is 16.1. The topological polar surface area (TPSA) is 55.1 Å². The predicted molar refractivity (Wildman–Crippen MR) is 80.9 cm³/mol. The number of amides is 1. The number of rotatable bonds is 6. The summed E-state index contributed by atoms with van der Waals surface area (Å²) in [5, 5.41) is 2.96. The second-order valence-electron chi connectivity index (χ2n) is 6.29. The molecule has 0 aliphatic carbocycles. The van der Waals surface area contributed by atoms with Crippen molar-refractivity contribution in [1.29, 1.82) is 0 Å². The lowest BCUT2D eigenvalue weighted by Gasteiger charge is -2.17. The van der Waals surface area contributed by atoms with Crippen LogP contribution < -0.4 is 11.1 Å². The summed E-state index contributed by atoms with van der Waals surface area (Å²) < 4.78 is 0. The SMILES string of the molecule is CC(C)(C)CCCCNC(=O)Cc1ccc(N)cc1. The highest BCUT2D eigenvalue weighted by Gasteiger charge is 2.09. The van der Waals surface area contributed by atoms with Crippen LogP contribution >= 0.6 is 0 Å². The molecule has 0 saturated carbocycles. The summed E-state index contributed by atoms with van der Waals surface area (Å²) >= 11 is 0. The Labute approximate surface area is 116 Å². The van der Waals surface area contributed by atoms with Gasteiger partial charge in [-0.2, -0.15) is 0 Å². The van der Waals surface area contributed by atoms with Crippen LogP contribution in [0.2, 0.25) is 0 Å². The molecule has 1 aromatic rings. The lowest BCUT2D eigenvalue weighted by Crippen LogP contribution is -2.26. The Morgan fingerprint density at radius 1 is 1.16 bits per heavy atom. The number of unbranched alkanes of at least 4 members (excludes halogenated alkanes) is 1. The smallest absolute Gasteiger partial charge is 0.224 e. The minimum absolute atomic E-state index is 0.0838. The fourth-order valence-electron chi connectivity index (χ4n) is 1.89. The molecule has 0 aromatic heterocycles. The van der Waals surface area contributed by atoms with Crippen LogP contribution in [-0.2, 0) is 11.2 Å². The number of carbonyl (C=O) groups excluding carboxylic acids is 1. The van der Waals surface area contributed by atoms with Crippen LogP contribution in [0, 0.1) is 5.41 Å². The molecule has 0 aliphatic rings. The molecule has 0 saturated heterocycles. The van der Waals surface area contributed by atoms with E-state index in [-0.39, 0.29) is 5.91 Å². The lowest BCUT2D eigenvalue weighted by molar-refractivity contribution is -0.120. The molecule has 0 atom stereocenters. The van der Waals surface area contributed by atoms with Gasteiger partial charge in [-0.15, -0.1) is 0 Å². The van der Waals surface area contributed by atoms with Gasteiger partial charge in [-0.05, 0) is 36.0 Å². The van der Waals surface area contributed by atoms with Gasteiger partial charge in [0.15, 0.2) is 0 Å². The molecule has 0 aliphatic heterocycles. The molecule has 1 aromatic carbocycles. The summed E-state index contributed by atoms with van der Waals surface area (Å²) in [6.07, 6.45) is 3.83. The van der Waals surface area contributed by atoms with Crippen molar-refractivity contribution in [3.8, 4) is 0 Å². The fraction of sp³-hybridized carbons (Fsp3) is 0.562. The van der Waals surface area contributed by atoms with Gasteiger partial charge in [-0.1, -0.05) is 39.3 Å². The van der Waals surface area contributed by atoms with Gasteiger partial charge < -0.3 is 11.1 Å².